The maximum absolute atomic E-state index is 12.9. The Morgan fingerprint density at radius 3 is 2.23 bits per heavy atom. The highest BCUT2D eigenvalue weighted by Crippen LogP contribution is 2.19. The Labute approximate surface area is 153 Å². The van der Waals surface area contributed by atoms with Gasteiger partial charge in [0, 0.05) is 52.5 Å². The molecule has 1 saturated heterocycles. The van der Waals surface area contributed by atoms with E-state index in [0.717, 1.165) is 5.56 Å². The zero-order valence-corrected chi connectivity index (χ0v) is 15.3. The zero-order chi connectivity index (χ0) is 19.1. The van der Waals surface area contributed by atoms with E-state index in [1.165, 1.54) is 19.1 Å². The summed E-state index contributed by atoms with van der Waals surface area (Å²) in [6, 6.07) is 6.12. The Morgan fingerprint density at radius 2 is 1.65 bits per heavy atom. The van der Waals surface area contributed by atoms with Gasteiger partial charge in [0.15, 0.2) is 0 Å². The maximum atomic E-state index is 12.9. The smallest absolute Gasteiger partial charge is 0.224 e. The number of piperazine rings is 1. The second-order valence-electron chi connectivity index (χ2n) is 6.64. The van der Waals surface area contributed by atoms with Crippen molar-refractivity contribution < 1.29 is 18.8 Å². The van der Waals surface area contributed by atoms with E-state index < -0.39 is 0 Å². The molecule has 1 N–H and O–H groups in total. The van der Waals surface area contributed by atoms with Crippen LogP contribution in [0.4, 0.5) is 4.39 Å². The number of rotatable bonds is 6. The summed E-state index contributed by atoms with van der Waals surface area (Å²) < 4.78 is 12.9. The summed E-state index contributed by atoms with van der Waals surface area (Å²) in [5.74, 6) is -0.435. The summed E-state index contributed by atoms with van der Waals surface area (Å²) in [6.07, 6.45) is 0.536. The van der Waals surface area contributed by atoms with Gasteiger partial charge in [-0.05, 0) is 23.6 Å². The van der Waals surface area contributed by atoms with E-state index in [0.29, 0.717) is 32.7 Å². The fourth-order valence-electron chi connectivity index (χ4n) is 3.00. The van der Waals surface area contributed by atoms with Crippen molar-refractivity contribution in [2.75, 3.05) is 32.7 Å². The van der Waals surface area contributed by atoms with Crippen LogP contribution >= 0.6 is 0 Å². The molecule has 2 rings (SSSR count). The van der Waals surface area contributed by atoms with Crippen LogP contribution in [0.5, 0.6) is 0 Å². The molecule has 0 saturated carbocycles. The quantitative estimate of drug-likeness (QED) is 0.833. The van der Waals surface area contributed by atoms with Crippen LogP contribution in [0, 0.1) is 5.82 Å². The first kappa shape index (κ1) is 19.9. The van der Waals surface area contributed by atoms with Crippen molar-refractivity contribution in [3.8, 4) is 0 Å². The average Bonchev–Trinajstić information content (AvgIpc) is 2.62. The molecule has 3 amide bonds. The van der Waals surface area contributed by atoms with Crippen LogP contribution in [0.1, 0.15) is 38.2 Å². The number of amides is 3. The highest BCUT2D eigenvalue weighted by Gasteiger charge is 2.22. The Kier molecular flexibility index (Phi) is 7.12. The third-order valence-corrected chi connectivity index (χ3v) is 4.67. The van der Waals surface area contributed by atoms with E-state index in [9.17, 15) is 18.8 Å². The molecule has 0 radical (unpaired) electrons. The molecule has 1 unspecified atom stereocenters. The van der Waals surface area contributed by atoms with Gasteiger partial charge in [-0.15, -0.1) is 0 Å². The number of carbonyl (C=O) groups excluding carboxylic acids is 3. The predicted octanol–water partition coefficient (Wildman–Crippen LogP) is 1.52. The largest absolute Gasteiger partial charge is 0.356 e. The predicted molar refractivity (Wildman–Crippen MR) is 95.9 cm³/mol. The Morgan fingerprint density at radius 1 is 1.08 bits per heavy atom. The van der Waals surface area contributed by atoms with Gasteiger partial charge in [-0.3, -0.25) is 14.4 Å². The molecule has 0 spiro atoms. The van der Waals surface area contributed by atoms with E-state index in [1.807, 2.05) is 6.92 Å². The topological polar surface area (TPSA) is 69.7 Å². The van der Waals surface area contributed by atoms with Crippen molar-refractivity contribution in [2.24, 2.45) is 0 Å². The van der Waals surface area contributed by atoms with Crippen molar-refractivity contribution >= 4 is 17.7 Å². The molecule has 1 atom stereocenters. The molecule has 1 aromatic rings. The van der Waals surface area contributed by atoms with Crippen LogP contribution in [0.25, 0.3) is 0 Å². The molecule has 6 nitrogen and oxygen atoms in total. The maximum Gasteiger partial charge on any atom is 0.224 e. The van der Waals surface area contributed by atoms with Gasteiger partial charge in [-0.1, -0.05) is 19.1 Å². The molecule has 7 heteroatoms. The summed E-state index contributed by atoms with van der Waals surface area (Å²) in [7, 11) is 0. The molecule has 0 aromatic heterocycles. The van der Waals surface area contributed by atoms with Crippen LogP contribution in [0.3, 0.4) is 0 Å². The second kappa shape index (κ2) is 9.31. The monoisotopic (exact) mass is 363 g/mol. The van der Waals surface area contributed by atoms with Gasteiger partial charge in [-0.2, -0.15) is 0 Å². The van der Waals surface area contributed by atoms with Crippen LogP contribution in [0.2, 0.25) is 0 Å². The standard InChI is InChI=1S/C19H26FN3O3/c1-14(16-3-5-17(20)6-4-16)13-18(25)21-8-7-19(26)23-11-9-22(10-12-23)15(2)24/h3-6,14H,7-13H2,1-2H3,(H,21,25). The number of benzene rings is 1. The van der Waals surface area contributed by atoms with Crippen LogP contribution in [-0.2, 0) is 14.4 Å². The lowest BCUT2D eigenvalue weighted by Crippen LogP contribution is -2.50. The Hall–Kier alpha value is -2.44. The molecule has 1 aliphatic rings. The lowest BCUT2D eigenvalue weighted by Gasteiger charge is -2.34. The number of nitrogens with zero attached hydrogens (tertiary/aromatic N) is 2. The normalized spacial score (nSPS) is 15.5. The van der Waals surface area contributed by atoms with Crippen LogP contribution < -0.4 is 5.32 Å². The van der Waals surface area contributed by atoms with Gasteiger partial charge in [0.25, 0.3) is 0 Å². The number of nitrogens with one attached hydrogen (secondary N) is 1. The minimum atomic E-state index is -0.298. The van der Waals surface area contributed by atoms with Crippen LogP contribution in [0.15, 0.2) is 24.3 Å². The number of halogens is 1. The van der Waals surface area contributed by atoms with Gasteiger partial charge in [0.05, 0.1) is 0 Å². The van der Waals surface area contributed by atoms with Crippen molar-refractivity contribution in [1.29, 1.82) is 0 Å². The Bertz CT molecular complexity index is 640. The summed E-state index contributed by atoms with van der Waals surface area (Å²) in [5, 5.41) is 2.77. The first-order valence-corrected chi connectivity index (χ1v) is 8.92. The molecule has 142 valence electrons. The summed E-state index contributed by atoms with van der Waals surface area (Å²) in [4.78, 5) is 38.9. The SMILES string of the molecule is CC(=O)N1CCN(C(=O)CCNC(=O)CC(C)c2ccc(F)cc2)CC1. The molecule has 1 aliphatic heterocycles. The second-order valence-corrected chi connectivity index (χ2v) is 6.64. The molecule has 0 aliphatic carbocycles. The lowest BCUT2D eigenvalue weighted by molar-refractivity contribution is -0.138. The summed E-state index contributed by atoms with van der Waals surface area (Å²) in [5.41, 5.74) is 0.904. The zero-order valence-electron chi connectivity index (χ0n) is 15.3. The van der Waals surface area contributed by atoms with Crippen molar-refractivity contribution in [1.82, 2.24) is 15.1 Å². The fraction of sp³-hybridized carbons (Fsp3) is 0.526. The highest BCUT2D eigenvalue weighted by atomic mass is 19.1. The Balaban J connectivity index is 1.67. The van der Waals surface area contributed by atoms with Crippen LogP contribution in [-0.4, -0.2) is 60.2 Å². The summed E-state index contributed by atoms with van der Waals surface area (Å²) in [6.45, 7) is 5.92. The molecule has 1 fully saturated rings. The number of hydrogen-bond donors (Lipinski definition) is 1. The van der Waals surface area contributed by atoms with E-state index in [1.54, 1.807) is 21.9 Å². The van der Waals surface area contributed by atoms with E-state index >= 15 is 0 Å². The number of hydrogen-bond acceptors (Lipinski definition) is 3. The first-order valence-electron chi connectivity index (χ1n) is 8.92. The fourth-order valence-corrected chi connectivity index (χ4v) is 3.00. The molecule has 1 heterocycles. The molecule has 0 bridgehead atoms. The molecule has 1 aromatic carbocycles. The molecular formula is C19H26FN3O3. The highest BCUT2D eigenvalue weighted by molar-refractivity contribution is 5.80. The van der Waals surface area contributed by atoms with Crippen molar-refractivity contribution in [3.05, 3.63) is 35.6 Å². The number of carbonyl (C=O) groups is 3. The van der Waals surface area contributed by atoms with Crippen molar-refractivity contribution in [3.63, 3.8) is 0 Å². The minimum absolute atomic E-state index is 0.0138. The van der Waals surface area contributed by atoms with E-state index in [4.69, 9.17) is 0 Å². The molecule has 26 heavy (non-hydrogen) atoms. The molecular weight excluding hydrogens is 337 g/mol. The average molecular weight is 363 g/mol. The third kappa shape index (κ3) is 5.82. The van der Waals surface area contributed by atoms with Gasteiger partial charge in [-0.25, -0.2) is 4.39 Å². The van der Waals surface area contributed by atoms with Gasteiger partial charge in [0.2, 0.25) is 17.7 Å². The van der Waals surface area contributed by atoms with Gasteiger partial charge >= 0.3 is 0 Å². The van der Waals surface area contributed by atoms with Crippen molar-refractivity contribution in [2.45, 2.75) is 32.6 Å². The van der Waals surface area contributed by atoms with Gasteiger partial charge in [0.1, 0.15) is 5.82 Å². The summed E-state index contributed by atoms with van der Waals surface area (Å²) >= 11 is 0. The van der Waals surface area contributed by atoms with E-state index in [2.05, 4.69) is 5.32 Å². The third-order valence-electron chi connectivity index (χ3n) is 4.67. The minimum Gasteiger partial charge on any atom is -0.356 e. The lowest BCUT2D eigenvalue weighted by atomic mass is 9.97. The van der Waals surface area contributed by atoms with Gasteiger partial charge < -0.3 is 15.1 Å². The van der Waals surface area contributed by atoms with E-state index in [-0.39, 0.29) is 42.3 Å². The first-order chi connectivity index (χ1) is 12.4.